The Kier molecular flexibility index (Phi) is 6.24. The summed E-state index contributed by atoms with van der Waals surface area (Å²) in [4.78, 5) is 0.144. The molecule has 4 rings (SSSR count). The SMILES string of the molecule is CCCC[C@H](CNC12CC(C1)C2)NS(=O)(=O)c1cc(OC)c(Cl)cc1Br. The third kappa shape index (κ3) is 4.22. The maximum absolute atomic E-state index is 13.0. The fraction of sp³-hybridized carbons (Fsp3) is 0.667. The summed E-state index contributed by atoms with van der Waals surface area (Å²) in [5, 5.41) is 3.97. The zero-order valence-electron chi connectivity index (χ0n) is 15.1. The van der Waals surface area contributed by atoms with E-state index in [-0.39, 0.29) is 16.5 Å². The van der Waals surface area contributed by atoms with E-state index in [0.717, 1.165) is 25.2 Å². The van der Waals surface area contributed by atoms with E-state index in [1.54, 1.807) is 6.07 Å². The molecule has 0 unspecified atom stereocenters. The van der Waals surface area contributed by atoms with Crippen LogP contribution in [-0.2, 0) is 10.0 Å². The number of benzene rings is 1. The molecule has 2 bridgehead atoms. The van der Waals surface area contributed by atoms with Gasteiger partial charge in [-0.2, -0.15) is 0 Å². The standard InChI is InChI=1S/C18H26BrClN2O3S/c1-3-4-5-13(11-21-18-8-12(9-18)10-18)22-26(23,24)17-7-16(25-2)15(20)6-14(17)19/h6-7,12-13,21-22H,3-5,8-11H2,1-2H3/t12?,13-,18?/m1/s1. The van der Waals surface area contributed by atoms with E-state index in [1.807, 2.05) is 0 Å². The minimum Gasteiger partial charge on any atom is -0.495 e. The molecule has 26 heavy (non-hydrogen) atoms. The molecule has 0 heterocycles. The topological polar surface area (TPSA) is 67.4 Å². The van der Waals surface area contributed by atoms with E-state index in [0.29, 0.717) is 21.8 Å². The Labute approximate surface area is 169 Å². The third-order valence-corrected chi connectivity index (χ3v) is 8.26. The Morgan fingerprint density at radius 2 is 2.08 bits per heavy atom. The van der Waals surface area contributed by atoms with Crippen molar-refractivity contribution in [2.75, 3.05) is 13.7 Å². The van der Waals surface area contributed by atoms with Gasteiger partial charge in [0.05, 0.1) is 17.0 Å². The number of sulfonamides is 1. The molecule has 0 aromatic heterocycles. The highest BCUT2D eigenvalue weighted by Gasteiger charge is 2.56. The summed E-state index contributed by atoms with van der Waals surface area (Å²) in [6.45, 7) is 2.77. The smallest absolute Gasteiger partial charge is 0.242 e. The monoisotopic (exact) mass is 464 g/mol. The number of unbranched alkanes of at least 4 members (excludes halogenated alkanes) is 1. The van der Waals surface area contributed by atoms with Gasteiger partial charge in [0.25, 0.3) is 0 Å². The summed E-state index contributed by atoms with van der Waals surface area (Å²) in [5.41, 5.74) is 0.282. The Morgan fingerprint density at radius 1 is 1.38 bits per heavy atom. The second-order valence-corrected chi connectivity index (χ2v) is 10.5. The van der Waals surface area contributed by atoms with Gasteiger partial charge >= 0.3 is 0 Å². The normalized spacial score (nSPS) is 25.3. The average Bonchev–Trinajstić information content (AvgIpc) is 2.49. The molecule has 3 aliphatic rings. The van der Waals surface area contributed by atoms with Crippen LogP contribution in [0.1, 0.15) is 45.4 Å². The molecule has 1 aromatic carbocycles. The van der Waals surface area contributed by atoms with Gasteiger partial charge in [-0.25, -0.2) is 13.1 Å². The van der Waals surface area contributed by atoms with Crippen LogP contribution < -0.4 is 14.8 Å². The molecule has 5 nitrogen and oxygen atoms in total. The second kappa shape index (κ2) is 7.95. The molecular formula is C18H26BrClN2O3S. The molecule has 0 spiro atoms. The number of halogens is 2. The molecule has 0 amide bonds. The third-order valence-electron chi connectivity index (χ3n) is 5.49. The molecular weight excluding hydrogens is 440 g/mol. The van der Waals surface area contributed by atoms with Crippen molar-refractivity contribution in [2.24, 2.45) is 5.92 Å². The van der Waals surface area contributed by atoms with Crippen LogP contribution in [0.5, 0.6) is 5.75 Å². The van der Waals surface area contributed by atoms with Crippen LogP contribution in [0.15, 0.2) is 21.5 Å². The number of hydrogen-bond acceptors (Lipinski definition) is 4. The van der Waals surface area contributed by atoms with Gasteiger partial charge in [-0.15, -0.1) is 0 Å². The first-order valence-corrected chi connectivity index (χ1v) is 11.7. The second-order valence-electron chi connectivity index (χ2n) is 7.52. The van der Waals surface area contributed by atoms with Crippen LogP contribution in [-0.4, -0.2) is 33.7 Å². The lowest BCUT2D eigenvalue weighted by molar-refractivity contribution is -0.0514. The van der Waals surface area contributed by atoms with Gasteiger partial charge in [0.15, 0.2) is 0 Å². The predicted molar refractivity (Wildman–Crippen MR) is 107 cm³/mol. The molecule has 0 saturated heterocycles. The van der Waals surface area contributed by atoms with Gasteiger partial charge in [0.1, 0.15) is 5.75 Å². The van der Waals surface area contributed by atoms with Crippen molar-refractivity contribution in [3.63, 3.8) is 0 Å². The summed E-state index contributed by atoms with van der Waals surface area (Å²) < 4.78 is 34.4. The van der Waals surface area contributed by atoms with Crippen molar-refractivity contribution in [1.82, 2.24) is 10.0 Å². The fourth-order valence-electron chi connectivity index (χ4n) is 3.84. The van der Waals surface area contributed by atoms with Crippen LogP contribution in [0.4, 0.5) is 0 Å². The number of nitrogens with one attached hydrogen (secondary N) is 2. The van der Waals surface area contributed by atoms with E-state index < -0.39 is 10.0 Å². The predicted octanol–water partition coefficient (Wildman–Crippen LogP) is 4.09. The number of hydrogen-bond donors (Lipinski definition) is 2. The summed E-state index contributed by atoms with van der Waals surface area (Å²) in [5.74, 6) is 1.23. The van der Waals surface area contributed by atoms with Gasteiger partial charge in [-0.3, -0.25) is 0 Å². The highest BCUT2D eigenvalue weighted by atomic mass is 79.9. The van der Waals surface area contributed by atoms with E-state index in [4.69, 9.17) is 16.3 Å². The minimum atomic E-state index is -3.69. The molecule has 2 N–H and O–H groups in total. The molecule has 3 aliphatic carbocycles. The van der Waals surface area contributed by atoms with E-state index in [2.05, 4.69) is 32.9 Å². The molecule has 1 aromatic rings. The van der Waals surface area contributed by atoms with Crippen molar-refractivity contribution in [3.8, 4) is 5.75 Å². The van der Waals surface area contributed by atoms with E-state index in [1.165, 1.54) is 32.4 Å². The highest BCUT2D eigenvalue weighted by Crippen LogP contribution is 2.56. The van der Waals surface area contributed by atoms with Crippen LogP contribution >= 0.6 is 27.5 Å². The van der Waals surface area contributed by atoms with Crippen LogP contribution in [0.3, 0.4) is 0 Å². The first kappa shape index (κ1) is 20.4. The largest absolute Gasteiger partial charge is 0.495 e. The van der Waals surface area contributed by atoms with Crippen LogP contribution in [0, 0.1) is 5.92 Å². The van der Waals surface area contributed by atoms with Crippen molar-refractivity contribution in [3.05, 3.63) is 21.6 Å². The fourth-order valence-corrected chi connectivity index (χ4v) is 6.54. The quantitative estimate of drug-likeness (QED) is 0.546. The molecule has 146 valence electrons. The van der Waals surface area contributed by atoms with Gasteiger partial charge in [0, 0.05) is 28.7 Å². The summed E-state index contributed by atoms with van der Waals surface area (Å²) in [6, 6.07) is 2.87. The van der Waals surface area contributed by atoms with E-state index in [9.17, 15) is 8.42 Å². The van der Waals surface area contributed by atoms with Crippen molar-refractivity contribution < 1.29 is 13.2 Å². The summed E-state index contributed by atoms with van der Waals surface area (Å²) in [7, 11) is -2.22. The first-order valence-electron chi connectivity index (χ1n) is 9.09. The first-order chi connectivity index (χ1) is 12.3. The molecule has 0 aliphatic heterocycles. The van der Waals surface area contributed by atoms with Crippen LogP contribution in [0.2, 0.25) is 5.02 Å². The van der Waals surface area contributed by atoms with Gasteiger partial charge in [-0.05, 0) is 53.6 Å². The van der Waals surface area contributed by atoms with Crippen LogP contribution in [0.25, 0.3) is 0 Å². The summed E-state index contributed by atoms with van der Waals surface area (Å²) in [6.07, 6.45) is 6.53. The lowest BCUT2D eigenvalue weighted by Crippen LogP contribution is -2.68. The molecule has 0 radical (unpaired) electrons. The zero-order chi connectivity index (χ0) is 18.9. The lowest BCUT2D eigenvalue weighted by Gasteiger charge is -2.62. The molecule has 3 saturated carbocycles. The number of ether oxygens (including phenoxy) is 1. The molecule has 3 fully saturated rings. The van der Waals surface area contributed by atoms with Gasteiger partial charge in [-0.1, -0.05) is 31.4 Å². The maximum atomic E-state index is 13.0. The van der Waals surface area contributed by atoms with Gasteiger partial charge < -0.3 is 10.1 Å². The van der Waals surface area contributed by atoms with E-state index >= 15 is 0 Å². The number of rotatable bonds is 10. The maximum Gasteiger partial charge on any atom is 0.242 e. The van der Waals surface area contributed by atoms with Crippen molar-refractivity contribution in [2.45, 2.75) is 61.9 Å². The highest BCUT2D eigenvalue weighted by molar-refractivity contribution is 9.10. The Morgan fingerprint density at radius 3 is 2.62 bits per heavy atom. The summed E-state index contributed by atoms with van der Waals surface area (Å²) >= 11 is 9.38. The average molecular weight is 466 g/mol. The zero-order valence-corrected chi connectivity index (χ0v) is 18.3. The van der Waals surface area contributed by atoms with Gasteiger partial charge in [0.2, 0.25) is 10.0 Å². The van der Waals surface area contributed by atoms with Crippen molar-refractivity contribution in [1.29, 1.82) is 0 Å². The molecule has 1 atom stereocenters. The Hall–Kier alpha value is -0.340. The minimum absolute atomic E-state index is 0.137. The van der Waals surface area contributed by atoms with Crippen molar-refractivity contribution >= 4 is 37.6 Å². The number of methoxy groups -OCH3 is 1. The molecule has 8 heteroatoms. The Balaban J connectivity index is 1.73. The lowest BCUT2D eigenvalue weighted by atomic mass is 9.50. The Bertz CT molecular complexity index is 755.